The minimum atomic E-state index is -0.386. The van der Waals surface area contributed by atoms with Gasteiger partial charge in [-0.2, -0.15) is 0 Å². The molecule has 1 fully saturated rings. The van der Waals surface area contributed by atoms with Crippen LogP contribution in [0.5, 0.6) is 0 Å². The first-order valence-corrected chi connectivity index (χ1v) is 12.2. The maximum absolute atomic E-state index is 13.1. The van der Waals surface area contributed by atoms with E-state index in [-0.39, 0.29) is 11.8 Å². The van der Waals surface area contributed by atoms with Crippen LogP contribution in [0.2, 0.25) is 5.02 Å². The molecular weight excluding hydrogens is 464 g/mol. The van der Waals surface area contributed by atoms with Gasteiger partial charge >= 0.3 is 0 Å². The predicted molar refractivity (Wildman–Crippen MR) is 137 cm³/mol. The smallest absolute Gasteiger partial charge is 0.259 e. The van der Waals surface area contributed by atoms with Crippen molar-refractivity contribution in [2.45, 2.75) is 13.0 Å². The summed E-state index contributed by atoms with van der Waals surface area (Å²) in [6, 6.07) is 13.5. The Morgan fingerprint density at radius 1 is 0.914 bits per heavy atom. The lowest BCUT2D eigenvalue weighted by Crippen LogP contribution is -2.37. The largest absolute Gasteiger partial charge is 0.379 e. The summed E-state index contributed by atoms with van der Waals surface area (Å²) in [4.78, 5) is 31.8. The third-order valence-corrected chi connectivity index (χ3v) is 7.11. The van der Waals surface area contributed by atoms with Crippen LogP contribution in [0.4, 0.5) is 0 Å². The number of aromatic nitrogens is 2. The number of ether oxygens (including phenoxy) is 1. The van der Waals surface area contributed by atoms with Gasteiger partial charge in [0.2, 0.25) is 0 Å². The van der Waals surface area contributed by atoms with E-state index >= 15 is 0 Å². The zero-order valence-corrected chi connectivity index (χ0v) is 19.9. The van der Waals surface area contributed by atoms with Gasteiger partial charge in [0, 0.05) is 76.5 Å². The highest BCUT2D eigenvalue weighted by Crippen LogP contribution is 2.39. The number of fused-ring (bicyclic) bond motifs is 2. The fraction of sp³-hybridized carbons (Fsp3) is 0.259. The van der Waals surface area contributed by atoms with E-state index in [1.165, 1.54) is 0 Å². The molecule has 2 aromatic carbocycles. The number of imide groups is 1. The lowest BCUT2D eigenvalue weighted by Gasteiger charge is -2.26. The van der Waals surface area contributed by atoms with Crippen molar-refractivity contribution in [2.24, 2.45) is 0 Å². The standard InChI is InChI=1S/C27H25ClN4O3/c28-17-6-7-23-19(14-17)21(16-32(23)9-3-8-31-10-12-35-13-11-31)25-24(26(33)30-27(25)34)20-15-29-22-5-2-1-4-18(20)22/h1-2,4-7,14-16,29H,3,8-13H2,(H,30,33,34). The van der Waals surface area contributed by atoms with Crippen LogP contribution in [-0.2, 0) is 20.9 Å². The first-order chi connectivity index (χ1) is 17.1. The Morgan fingerprint density at radius 3 is 2.51 bits per heavy atom. The number of H-pyrrole nitrogens is 1. The molecule has 2 amide bonds. The molecule has 4 heterocycles. The van der Waals surface area contributed by atoms with Gasteiger partial charge in [0.25, 0.3) is 11.8 Å². The minimum Gasteiger partial charge on any atom is -0.379 e. The van der Waals surface area contributed by atoms with Crippen LogP contribution in [0, 0.1) is 0 Å². The zero-order valence-electron chi connectivity index (χ0n) is 19.1. The molecule has 0 spiro atoms. The van der Waals surface area contributed by atoms with Crippen molar-refractivity contribution in [1.82, 2.24) is 19.8 Å². The number of amides is 2. The monoisotopic (exact) mass is 488 g/mol. The topological polar surface area (TPSA) is 79.4 Å². The van der Waals surface area contributed by atoms with E-state index in [0.29, 0.717) is 21.7 Å². The summed E-state index contributed by atoms with van der Waals surface area (Å²) in [5.41, 5.74) is 4.12. The fourth-order valence-corrected chi connectivity index (χ4v) is 5.36. The second-order valence-electron chi connectivity index (χ2n) is 8.99. The van der Waals surface area contributed by atoms with Gasteiger partial charge in [-0.15, -0.1) is 0 Å². The highest BCUT2D eigenvalue weighted by Gasteiger charge is 2.35. The molecule has 2 N–H and O–H groups in total. The average Bonchev–Trinajstić information content (AvgIpc) is 3.52. The van der Waals surface area contributed by atoms with Gasteiger partial charge in [0.15, 0.2) is 0 Å². The molecule has 0 aliphatic carbocycles. The molecule has 0 atom stereocenters. The molecule has 0 saturated carbocycles. The van der Waals surface area contributed by atoms with Crippen molar-refractivity contribution in [2.75, 3.05) is 32.8 Å². The zero-order chi connectivity index (χ0) is 23.9. The Kier molecular flexibility index (Phi) is 5.68. The number of benzene rings is 2. The van der Waals surface area contributed by atoms with Gasteiger partial charge in [-0.05, 0) is 30.7 Å². The minimum absolute atomic E-state index is 0.384. The summed E-state index contributed by atoms with van der Waals surface area (Å²) >= 11 is 6.38. The third kappa shape index (κ3) is 3.95. The van der Waals surface area contributed by atoms with Gasteiger partial charge in [0.05, 0.1) is 24.4 Å². The first kappa shape index (κ1) is 22.1. The molecule has 8 heteroatoms. The first-order valence-electron chi connectivity index (χ1n) is 11.9. The van der Waals surface area contributed by atoms with Crippen LogP contribution in [0.3, 0.4) is 0 Å². The molecule has 1 saturated heterocycles. The number of nitrogens with one attached hydrogen (secondary N) is 2. The van der Waals surface area contributed by atoms with Crippen LogP contribution in [0.15, 0.2) is 54.9 Å². The van der Waals surface area contributed by atoms with Crippen LogP contribution in [0.1, 0.15) is 17.5 Å². The Hall–Kier alpha value is -3.39. The normalized spacial score (nSPS) is 17.2. The van der Waals surface area contributed by atoms with Crippen molar-refractivity contribution in [3.8, 4) is 0 Å². The molecule has 0 radical (unpaired) electrons. The molecule has 2 aliphatic heterocycles. The summed E-state index contributed by atoms with van der Waals surface area (Å²) in [5.74, 6) is -0.771. The van der Waals surface area contributed by atoms with E-state index in [1.54, 1.807) is 6.20 Å². The van der Waals surface area contributed by atoms with Gasteiger partial charge in [-0.3, -0.25) is 19.8 Å². The number of para-hydroxylation sites is 1. The molecule has 7 nitrogen and oxygen atoms in total. The maximum Gasteiger partial charge on any atom is 0.259 e. The molecular formula is C27H25ClN4O3. The van der Waals surface area contributed by atoms with E-state index in [1.807, 2.05) is 48.7 Å². The average molecular weight is 489 g/mol. The van der Waals surface area contributed by atoms with E-state index < -0.39 is 0 Å². The highest BCUT2D eigenvalue weighted by molar-refractivity contribution is 6.50. The van der Waals surface area contributed by atoms with Crippen molar-refractivity contribution in [3.63, 3.8) is 0 Å². The molecule has 2 aliphatic rings. The summed E-state index contributed by atoms with van der Waals surface area (Å²) in [6.07, 6.45) is 4.75. The lowest BCUT2D eigenvalue weighted by atomic mass is 9.95. The molecule has 0 unspecified atom stereocenters. The molecule has 6 rings (SSSR count). The van der Waals surface area contributed by atoms with Gasteiger partial charge in [-0.1, -0.05) is 29.8 Å². The molecule has 4 aromatic rings. The number of nitrogens with zero attached hydrogens (tertiary/aromatic N) is 2. The number of carbonyl (C=O) groups is 2. The Morgan fingerprint density at radius 2 is 1.69 bits per heavy atom. The third-order valence-electron chi connectivity index (χ3n) is 6.88. The summed E-state index contributed by atoms with van der Waals surface area (Å²) < 4.78 is 7.61. The number of halogens is 1. The van der Waals surface area contributed by atoms with Gasteiger partial charge < -0.3 is 14.3 Å². The SMILES string of the molecule is O=C1NC(=O)C(c2cn(CCCN3CCOCC3)c3ccc(Cl)cc23)=C1c1c[nH]c2ccccc12. The number of morpholine rings is 1. The van der Waals surface area contributed by atoms with Crippen molar-refractivity contribution >= 4 is 56.4 Å². The summed E-state index contributed by atoms with van der Waals surface area (Å²) in [7, 11) is 0. The maximum atomic E-state index is 13.1. The van der Waals surface area contributed by atoms with Crippen molar-refractivity contribution in [3.05, 3.63) is 71.0 Å². The van der Waals surface area contributed by atoms with Crippen LogP contribution in [0.25, 0.3) is 33.0 Å². The molecule has 2 aromatic heterocycles. The predicted octanol–water partition coefficient (Wildman–Crippen LogP) is 4.07. The molecule has 35 heavy (non-hydrogen) atoms. The Bertz CT molecular complexity index is 1490. The summed E-state index contributed by atoms with van der Waals surface area (Å²) in [5, 5.41) is 4.87. The van der Waals surface area contributed by atoms with Crippen LogP contribution in [-0.4, -0.2) is 59.1 Å². The summed E-state index contributed by atoms with van der Waals surface area (Å²) in [6.45, 7) is 5.24. The highest BCUT2D eigenvalue weighted by atomic mass is 35.5. The van der Waals surface area contributed by atoms with Crippen LogP contribution < -0.4 is 5.32 Å². The van der Waals surface area contributed by atoms with Gasteiger partial charge in [-0.25, -0.2) is 0 Å². The Balaban J connectivity index is 1.44. The van der Waals surface area contributed by atoms with E-state index in [0.717, 1.165) is 73.2 Å². The fourth-order valence-electron chi connectivity index (χ4n) is 5.19. The van der Waals surface area contributed by atoms with Crippen LogP contribution >= 0.6 is 11.6 Å². The van der Waals surface area contributed by atoms with Crippen molar-refractivity contribution in [1.29, 1.82) is 0 Å². The quantitative estimate of drug-likeness (QED) is 0.401. The second-order valence-corrected chi connectivity index (χ2v) is 9.42. The number of carbonyl (C=O) groups excluding carboxylic acids is 2. The van der Waals surface area contributed by atoms with E-state index in [4.69, 9.17) is 16.3 Å². The number of aryl methyl sites for hydroxylation is 1. The van der Waals surface area contributed by atoms with E-state index in [2.05, 4.69) is 19.8 Å². The number of hydrogen-bond donors (Lipinski definition) is 2. The lowest BCUT2D eigenvalue weighted by molar-refractivity contribution is -0.122. The van der Waals surface area contributed by atoms with Crippen molar-refractivity contribution < 1.29 is 14.3 Å². The molecule has 178 valence electrons. The van der Waals surface area contributed by atoms with E-state index in [9.17, 15) is 9.59 Å². The number of aromatic amines is 1. The number of hydrogen-bond acceptors (Lipinski definition) is 4. The Labute approximate surface area is 207 Å². The van der Waals surface area contributed by atoms with Gasteiger partial charge in [0.1, 0.15) is 0 Å². The second kappa shape index (κ2) is 9.00. The number of rotatable bonds is 6. The molecule has 0 bridgehead atoms.